The number of hydrogen-bond acceptors (Lipinski definition) is 3. The van der Waals surface area contributed by atoms with Crippen LogP contribution in [0.25, 0.3) is 0 Å². The molecule has 1 heterocycles. The van der Waals surface area contributed by atoms with Crippen LogP contribution in [0.3, 0.4) is 0 Å². The first-order chi connectivity index (χ1) is 10.6. The topological polar surface area (TPSA) is 71.3 Å². The number of rotatable bonds is 5. The molecule has 1 aromatic carbocycles. The maximum absolute atomic E-state index is 12.1. The average Bonchev–Trinajstić information content (AvgIpc) is 3.13. The van der Waals surface area contributed by atoms with Crippen molar-refractivity contribution in [3.05, 3.63) is 53.4 Å². The van der Waals surface area contributed by atoms with E-state index in [1.807, 2.05) is 0 Å². The van der Waals surface area contributed by atoms with Crippen molar-refractivity contribution in [3.63, 3.8) is 0 Å². The van der Waals surface area contributed by atoms with Crippen LogP contribution < -0.4 is 10.6 Å². The fourth-order valence-electron chi connectivity index (χ4n) is 2.29. The molecule has 0 aliphatic heterocycles. The molecule has 1 aromatic heterocycles. The number of hydrogen-bond donors (Lipinski definition) is 2. The van der Waals surface area contributed by atoms with Gasteiger partial charge in [-0.15, -0.1) is 0 Å². The lowest BCUT2D eigenvalue weighted by Gasteiger charge is -2.05. The lowest BCUT2D eigenvalue weighted by Crippen LogP contribution is -2.26. The third-order valence-electron chi connectivity index (χ3n) is 3.57. The van der Waals surface area contributed by atoms with Crippen molar-refractivity contribution in [2.24, 2.45) is 11.8 Å². The molecule has 2 unspecified atom stereocenters. The van der Waals surface area contributed by atoms with Gasteiger partial charge in [-0.1, -0.05) is 17.7 Å². The number of furan rings is 1. The smallest absolute Gasteiger partial charge is 0.228 e. The van der Waals surface area contributed by atoms with Gasteiger partial charge >= 0.3 is 0 Å². The number of benzene rings is 1. The van der Waals surface area contributed by atoms with Crippen molar-refractivity contribution in [2.45, 2.75) is 13.0 Å². The largest absolute Gasteiger partial charge is 0.467 e. The Balaban J connectivity index is 1.48. The molecule has 3 rings (SSSR count). The van der Waals surface area contributed by atoms with Gasteiger partial charge in [0.25, 0.3) is 0 Å². The van der Waals surface area contributed by atoms with Gasteiger partial charge < -0.3 is 15.1 Å². The first-order valence-corrected chi connectivity index (χ1v) is 7.38. The van der Waals surface area contributed by atoms with Crippen LogP contribution in [0.2, 0.25) is 5.02 Å². The van der Waals surface area contributed by atoms with Crippen molar-refractivity contribution >= 4 is 29.1 Å². The molecule has 2 atom stereocenters. The van der Waals surface area contributed by atoms with Crippen molar-refractivity contribution in [1.29, 1.82) is 0 Å². The number of carbonyl (C=O) groups is 2. The monoisotopic (exact) mass is 318 g/mol. The molecule has 22 heavy (non-hydrogen) atoms. The maximum atomic E-state index is 12.1. The summed E-state index contributed by atoms with van der Waals surface area (Å²) in [5.74, 6) is -0.137. The summed E-state index contributed by atoms with van der Waals surface area (Å²) < 4.78 is 5.14. The molecule has 0 bridgehead atoms. The van der Waals surface area contributed by atoms with Gasteiger partial charge in [0, 0.05) is 10.7 Å². The van der Waals surface area contributed by atoms with Gasteiger partial charge in [-0.2, -0.15) is 0 Å². The van der Waals surface area contributed by atoms with Crippen molar-refractivity contribution in [2.75, 3.05) is 5.32 Å². The summed E-state index contributed by atoms with van der Waals surface area (Å²) in [4.78, 5) is 24.0. The van der Waals surface area contributed by atoms with E-state index < -0.39 is 0 Å². The highest BCUT2D eigenvalue weighted by Crippen LogP contribution is 2.39. The highest BCUT2D eigenvalue weighted by molar-refractivity contribution is 6.30. The first kappa shape index (κ1) is 14.7. The minimum absolute atomic E-state index is 0.123. The first-order valence-electron chi connectivity index (χ1n) is 7.00. The van der Waals surface area contributed by atoms with Crippen LogP contribution in [-0.2, 0) is 16.1 Å². The summed E-state index contributed by atoms with van der Waals surface area (Å²) in [7, 11) is 0. The van der Waals surface area contributed by atoms with Gasteiger partial charge in [0.15, 0.2) is 0 Å². The Labute approximate surface area is 132 Å². The van der Waals surface area contributed by atoms with E-state index in [9.17, 15) is 9.59 Å². The van der Waals surface area contributed by atoms with E-state index in [-0.39, 0.29) is 23.7 Å². The van der Waals surface area contributed by atoms with Gasteiger partial charge in [0.05, 0.1) is 24.6 Å². The molecule has 5 nitrogen and oxygen atoms in total. The van der Waals surface area contributed by atoms with Crippen molar-refractivity contribution in [3.8, 4) is 0 Å². The lowest BCUT2D eigenvalue weighted by atomic mass is 10.2. The summed E-state index contributed by atoms with van der Waals surface area (Å²) in [5.41, 5.74) is 0.638. The number of carbonyl (C=O) groups excluding carboxylic acids is 2. The van der Waals surface area contributed by atoms with E-state index in [1.54, 1.807) is 42.7 Å². The zero-order chi connectivity index (χ0) is 15.5. The lowest BCUT2D eigenvalue weighted by molar-refractivity contribution is -0.125. The van der Waals surface area contributed by atoms with Crippen LogP contribution in [0, 0.1) is 11.8 Å². The molecular formula is C16H15ClN2O3. The second-order valence-electron chi connectivity index (χ2n) is 5.25. The molecule has 1 saturated carbocycles. The summed E-state index contributed by atoms with van der Waals surface area (Å²) in [6.07, 6.45) is 2.12. The SMILES string of the molecule is O=C(NCc1ccco1)C1CC1C(=O)Nc1cccc(Cl)c1. The Morgan fingerprint density at radius 2 is 2.00 bits per heavy atom. The fraction of sp³-hybridized carbons (Fsp3) is 0.250. The number of halogens is 1. The predicted molar refractivity (Wildman–Crippen MR) is 82.2 cm³/mol. The number of amides is 2. The van der Waals surface area contributed by atoms with Gasteiger partial charge in [-0.3, -0.25) is 9.59 Å². The Hall–Kier alpha value is -2.27. The Morgan fingerprint density at radius 1 is 1.18 bits per heavy atom. The van der Waals surface area contributed by atoms with Crippen LogP contribution in [0.5, 0.6) is 0 Å². The molecule has 1 aliphatic carbocycles. The zero-order valence-electron chi connectivity index (χ0n) is 11.7. The molecule has 2 aromatic rings. The molecule has 6 heteroatoms. The third kappa shape index (κ3) is 3.49. The molecule has 0 radical (unpaired) electrons. The summed E-state index contributed by atoms with van der Waals surface area (Å²) >= 11 is 5.87. The quantitative estimate of drug-likeness (QED) is 0.890. The average molecular weight is 319 g/mol. The summed E-state index contributed by atoms with van der Waals surface area (Å²) in [6.45, 7) is 0.338. The third-order valence-corrected chi connectivity index (χ3v) is 3.81. The Morgan fingerprint density at radius 3 is 2.73 bits per heavy atom. The highest BCUT2D eigenvalue weighted by atomic mass is 35.5. The van der Waals surface area contributed by atoms with E-state index in [4.69, 9.17) is 16.0 Å². The van der Waals surface area contributed by atoms with Crippen LogP contribution in [0.4, 0.5) is 5.69 Å². The second-order valence-corrected chi connectivity index (χ2v) is 5.68. The second kappa shape index (κ2) is 6.23. The van der Waals surface area contributed by atoms with Crippen LogP contribution in [0.15, 0.2) is 47.1 Å². The van der Waals surface area contributed by atoms with Crippen LogP contribution in [0.1, 0.15) is 12.2 Å². The highest BCUT2D eigenvalue weighted by Gasteiger charge is 2.47. The number of nitrogens with one attached hydrogen (secondary N) is 2. The van der Waals surface area contributed by atoms with E-state index >= 15 is 0 Å². The molecule has 114 valence electrons. The normalized spacial score (nSPS) is 19.5. The van der Waals surface area contributed by atoms with Gasteiger partial charge in [0.2, 0.25) is 11.8 Å². The molecule has 0 saturated heterocycles. The van der Waals surface area contributed by atoms with E-state index in [0.29, 0.717) is 29.4 Å². The van der Waals surface area contributed by atoms with Gasteiger partial charge in [-0.05, 0) is 36.8 Å². The van der Waals surface area contributed by atoms with Crippen molar-refractivity contribution < 1.29 is 14.0 Å². The van der Waals surface area contributed by atoms with Crippen LogP contribution >= 0.6 is 11.6 Å². The minimum atomic E-state index is -0.282. The molecular weight excluding hydrogens is 304 g/mol. The van der Waals surface area contributed by atoms with Crippen molar-refractivity contribution in [1.82, 2.24) is 5.32 Å². The van der Waals surface area contributed by atoms with E-state index in [2.05, 4.69) is 10.6 Å². The standard InChI is InChI=1S/C16H15ClN2O3/c17-10-3-1-4-11(7-10)19-16(21)14-8-13(14)15(20)18-9-12-5-2-6-22-12/h1-7,13-14H,8-9H2,(H,18,20)(H,19,21). The molecule has 2 amide bonds. The van der Waals surface area contributed by atoms with E-state index in [0.717, 1.165) is 0 Å². The molecule has 1 fully saturated rings. The maximum Gasteiger partial charge on any atom is 0.228 e. The predicted octanol–water partition coefficient (Wildman–Crippen LogP) is 2.82. The van der Waals surface area contributed by atoms with Gasteiger partial charge in [0.1, 0.15) is 5.76 Å². The number of anilines is 1. The zero-order valence-corrected chi connectivity index (χ0v) is 12.5. The summed E-state index contributed by atoms with van der Waals surface area (Å²) in [6, 6.07) is 10.5. The molecule has 2 N–H and O–H groups in total. The molecule has 0 spiro atoms. The Bertz CT molecular complexity index is 684. The fourth-order valence-corrected chi connectivity index (χ4v) is 2.48. The molecule has 1 aliphatic rings. The Kier molecular flexibility index (Phi) is 4.15. The van der Waals surface area contributed by atoms with Crippen LogP contribution in [-0.4, -0.2) is 11.8 Å². The van der Waals surface area contributed by atoms with Gasteiger partial charge in [-0.25, -0.2) is 0 Å². The van der Waals surface area contributed by atoms with E-state index in [1.165, 1.54) is 0 Å². The summed E-state index contributed by atoms with van der Waals surface area (Å²) in [5, 5.41) is 6.11. The minimum Gasteiger partial charge on any atom is -0.467 e.